The summed E-state index contributed by atoms with van der Waals surface area (Å²) in [5, 5.41) is 11.3. The summed E-state index contributed by atoms with van der Waals surface area (Å²) < 4.78 is 23.7. The van der Waals surface area contributed by atoms with Gasteiger partial charge in [0.05, 0.1) is 11.4 Å². The van der Waals surface area contributed by atoms with E-state index in [1.165, 1.54) is 34.9 Å². The van der Waals surface area contributed by atoms with Gasteiger partial charge in [-0.15, -0.1) is 0 Å². The van der Waals surface area contributed by atoms with Crippen LogP contribution in [0.15, 0.2) is 42.5 Å². The largest absolute Gasteiger partial charge is 0.390 e. The number of hydrogen-bond donors (Lipinski definition) is 1. The van der Waals surface area contributed by atoms with E-state index in [0.29, 0.717) is 32.0 Å². The zero-order valence-electron chi connectivity index (χ0n) is 26.6. The van der Waals surface area contributed by atoms with Crippen molar-refractivity contribution >= 4 is 15.7 Å². The maximum absolute atomic E-state index is 11.8. The highest BCUT2D eigenvalue weighted by molar-refractivity contribution is 7.90. The van der Waals surface area contributed by atoms with Crippen LogP contribution in [0, 0.1) is 6.92 Å². The van der Waals surface area contributed by atoms with Gasteiger partial charge in [-0.25, -0.2) is 18.4 Å². The summed E-state index contributed by atoms with van der Waals surface area (Å²) in [5.74, 6) is 1.72. The predicted molar refractivity (Wildman–Crippen MR) is 175 cm³/mol. The number of anilines is 1. The zero-order valence-corrected chi connectivity index (χ0v) is 27.4. The van der Waals surface area contributed by atoms with Crippen LogP contribution in [0.25, 0.3) is 11.4 Å². The summed E-state index contributed by atoms with van der Waals surface area (Å²) in [4.78, 5) is 15.2. The minimum absolute atomic E-state index is 0.00671. The number of rotatable bonds is 10. The monoisotopic (exact) mass is 604 g/mol. The Hall–Kier alpha value is -2.81. The van der Waals surface area contributed by atoms with Gasteiger partial charge in [0, 0.05) is 48.8 Å². The third kappa shape index (κ3) is 7.13. The minimum atomic E-state index is -3.13. The first-order valence-electron chi connectivity index (χ1n) is 15.9. The molecule has 2 aliphatic rings. The third-order valence-corrected chi connectivity index (χ3v) is 10.6. The first-order chi connectivity index (χ1) is 20.5. The van der Waals surface area contributed by atoms with Crippen LogP contribution in [0.5, 0.6) is 0 Å². The maximum Gasteiger partial charge on any atom is 0.162 e. The number of aliphatic hydroxyl groups is 1. The fraction of sp³-hybridized carbons (Fsp3) is 0.543. The standard InChI is InChI=1S/C35H48N4O3S/c1-6-26-13-10-14-27(7-2)32(26)33-36-25(3)30(24-38(4)31-17-11-15-28-12-8-9-16-29(28)31)34(37-33)39-21-18-35(40,19-22-39)20-23-43(5,41)42/h8-10,12-14,16,31,40H,6-7,11,15,17-24H2,1-5H3/t31-/m0/s1. The minimum Gasteiger partial charge on any atom is -0.390 e. The lowest BCUT2D eigenvalue weighted by atomic mass is 9.86. The molecule has 1 saturated heterocycles. The quantitative estimate of drug-likeness (QED) is 0.311. The van der Waals surface area contributed by atoms with Crippen molar-refractivity contribution in [2.24, 2.45) is 0 Å². The van der Waals surface area contributed by atoms with E-state index >= 15 is 0 Å². The van der Waals surface area contributed by atoms with E-state index in [4.69, 9.17) is 9.97 Å². The van der Waals surface area contributed by atoms with Crippen LogP contribution in [0.1, 0.15) is 85.5 Å². The van der Waals surface area contributed by atoms with Gasteiger partial charge in [0.1, 0.15) is 15.7 Å². The second kappa shape index (κ2) is 13.0. The number of fused-ring (bicyclic) bond motifs is 1. The van der Waals surface area contributed by atoms with Crippen LogP contribution in [0.4, 0.5) is 5.82 Å². The van der Waals surface area contributed by atoms with Crippen molar-refractivity contribution in [3.05, 3.63) is 76.0 Å². The molecule has 1 aliphatic carbocycles. The zero-order chi connectivity index (χ0) is 30.8. The molecule has 43 heavy (non-hydrogen) atoms. The molecule has 1 atom stereocenters. The Balaban J connectivity index is 1.52. The summed E-state index contributed by atoms with van der Waals surface area (Å²) in [7, 11) is -0.921. The highest BCUT2D eigenvalue weighted by Gasteiger charge is 2.35. The van der Waals surface area contributed by atoms with Gasteiger partial charge in [0.25, 0.3) is 0 Å². The number of sulfone groups is 1. The van der Waals surface area contributed by atoms with E-state index in [9.17, 15) is 13.5 Å². The van der Waals surface area contributed by atoms with Crippen LogP contribution in [0.3, 0.4) is 0 Å². The van der Waals surface area contributed by atoms with E-state index in [0.717, 1.165) is 60.7 Å². The first-order valence-corrected chi connectivity index (χ1v) is 18.0. The highest BCUT2D eigenvalue weighted by atomic mass is 32.2. The van der Waals surface area contributed by atoms with Gasteiger partial charge in [0.15, 0.2) is 5.82 Å². The van der Waals surface area contributed by atoms with Crippen LogP contribution in [0.2, 0.25) is 0 Å². The molecule has 0 amide bonds. The smallest absolute Gasteiger partial charge is 0.162 e. The normalized spacial score (nSPS) is 18.6. The van der Waals surface area contributed by atoms with E-state index in [2.05, 4.69) is 80.1 Å². The first kappa shape index (κ1) is 31.6. The molecule has 0 radical (unpaired) electrons. The summed E-state index contributed by atoms with van der Waals surface area (Å²) in [6.07, 6.45) is 7.79. The van der Waals surface area contributed by atoms with Gasteiger partial charge in [-0.1, -0.05) is 56.3 Å². The molecule has 0 unspecified atom stereocenters. The molecular formula is C35H48N4O3S. The number of aryl methyl sites for hydroxylation is 4. The molecule has 0 saturated carbocycles. The number of benzene rings is 2. The van der Waals surface area contributed by atoms with Crippen molar-refractivity contribution in [2.45, 2.75) is 90.3 Å². The third-order valence-electron chi connectivity index (χ3n) is 9.62. The summed E-state index contributed by atoms with van der Waals surface area (Å²) in [5.41, 5.74) is 7.65. The lowest BCUT2D eigenvalue weighted by Gasteiger charge is -2.40. The summed E-state index contributed by atoms with van der Waals surface area (Å²) in [6, 6.07) is 15.7. The average molecular weight is 605 g/mol. The van der Waals surface area contributed by atoms with Gasteiger partial charge in [-0.3, -0.25) is 4.90 Å². The molecule has 1 fully saturated rings. The number of aromatic nitrogens is 2. The molecule has 2 aromatic carbocycles. The Morgan fingerprint density at radius 1 is 1.02 bits per heavy atom. The van der Waals surface area contributed by atoms with Crippen molar-refractivity contribution < 1.29 is 13.5 Å². The van der Waals surface area contributed by atoms with E-state index < -0.39 is 15.4 Å². The van der Waals surface area contributed by atoms with E-state index in [1.807, 2.05) is 0 Å². The fourth-order valence-electron chi connectivity index (χ4n) is 6.98. The molecule has 1 aliphatic heterocycles. The van der Waals surface area contributed by atoms with E-state index in [1.54, 1.807) is 0 Å². The molecule has 7 nitrogen and oxygen atoms in total. The van der Waals surface area contributed by atoms with Crippen molar-refractivity contribution in [1.29, 1.82) is 0 Å². The molecule has 232 valence electrons. The number of nitrogens with zero attached hydrogens (tertiary/aromatic N) is 4. The average Bonchev–Trinajstić information content (AvgIpc) is 3.00. The summed E-state index contributed by atoms with van der Waals surface area (Å²) >= 11 is 0. The fourth-order valence-corrected chi connectivity index (χ4v) is 7.73. The van der Waals surface area contributed by atoms with E-state index in [-0.39, 0.29) is 12.2 Å². The highest BCUT2D eigenvalue weighted by Crippen LogP contribution is 2.38. The van der Waals surface area contributed by atoms with Gasteiger partial charge >= 0.3 is 0 Å². The molecule has 3 aromatic rings. The Kier molecular flexibility index (Phi) is 9.59. The molecule has 8 heteroatoms. The van der Waals surface area contributed by atoms with Crippen LogP contribution in [-0.4, -0.2) is 66.1 Å². The second-order valence-corrected chi connectivity index (χ2v) is 15.0. The predicted octanol–water partition coefficient (Wildman–Crippen LogP) is 5.85. The Morgan fingerprint density at radius 2 is 1.70 bits per heavy atom. The second-order valence-electron chi connectivity index (χ2n) is 12.7. The molecular weight excluding hydrogens is 556 g/mol. The molecule has 0 bridgehead atoms. The van der Waals surface area contributed by atoms with Crippen molar-refractivity contribution in [3.8, 4) is 11.4 Å². The number of hydrogen-bond acceptors (Lipinski definition) is 7. The van der Waals surface area contributed by atoms with Crippen LogP contribution >= 0.6 is 0 Å². The molecule has 1 aromatic heterocycles. The van der Waals surface area contributed by atoms with Gasteiger partial charge in [-0.05, 0) is 87.6 Å². The molecule has 0 spiro atoms. The van der Waals surface area contributed by atoms with Crippen molar-refractivity contribution in [3.63, 3.8) is 0 Å². The van der Waals surface area contributed by atoms with Crippen molar-refractivity contribution in [1.82, 2.24) is 14.9 Å². The Labute approximate surface area is 258 Å². The lowest BCUT2D eigenvalue weighted by molar-refractivity contribution is 0.0131. The SMILES string of the molecule is CCc1cccc(CC)c1-c1nc(C)c(CN(C)[C@H]2CCCc3ccccc32)c(N2CCC(O)(CCS(C)(=O)=O)CC2)n1. The Morgan fingerprint density at radius 3 is 2.35 bits per heavy atom. The maximum atomic E-state index is 11.8. The molecule has 5 rings (SSSR count). The lowest BCUT2D eigenvalue weighted by Crippen LogP contribution is -2.46. The Bertz CT molecular complexity index is 1520. The molecule has 1 N–H and O–H groups in total. The van der Waals surface area contributed by atoms with Crippen LogP contribution in [-0.2, 0) is 35.6 Å². The van der Waals surface area contributed by atoms with Crippen molar-refractivity contribution in [2.75, 3.05) is 37.0 Å². The topological polar surface area (TPSA) is 86.6 Å². The van der Waals surface area contributed by atoms with Crippen LogP contribution < -0.4 is 4.90 Å². The van der Waals surface area contributed by atoms with Gasteiger partial charge in [-0.2, -0.15) is 0 Å². The summed E-state index contributed by atoms with van der Waals surface area (Å²) in [6.45, 7) is 8.44. The van der Waals surface area contributed by atoms with Gasteiger partial charge in [0.2, 0.25) is 0 Å². The van der Waals surface area contributed by atoms with Gasteiger partial charge < -0.3 is 10.0 Å². The molecule has 2 heterocycles. The number of piperidine rings is 1.